The van der Waals surface area contributed by atoms with Crippen LogP contribution in [0.5, 0.6) is 0 Å². The maximum atomic E-state index is 5.73. The van der Waals surface area contributed by atoms with Crippen LogP contribution in [0.2, 0.25) is 0 Å². The number of hydrogen-bond acceptors (Lipinski definition) is 4. The average Bonchev–Trinajstić information content (AvgIpc) is 2.86. The van der Waals surface area contributed by atoms with E-state index in [2.05, 4.69) is 62.6 Å². The Labute approximate surface area is 129 Å². The second-order valence-electron chi connectivity index (χ2n) is 4.24. The standard InChI is InChI=1S/C14H12IN3S/c15-13-7-11(8-19-13)14(18-16)10-3-4-12-9(6-10)2-1-5-17-12/h1-8,14,18H,16H2. The topological polar surface area (TPSA) is 50.9 Å². The molecule has 3 N–H and O–H groups in total. The van der Waals surface area contributed by atoms with Crippen LogP contribution in [-0.2, 0) is 0 Å². The number of halogens is 1. The molecule has 0 aliphatic heterocycles. The SMILES string of the molecule is NNC(c1csc(I)c1)c1ccc2ncccc2c1. The zero-order valence-electron chi connectivity index (χ0n) is 10.0. The molecule has 0 saturated carbocycles. The largest absolute Gasteiger partial charge is 0.271 e. The summed E-state index contributed by atoms with van der Waals surface area (Å²) < 4.78 is 1.26. The van der Waals surface area contributed by atoms with E-state index in [1.807, 2.05) is 18.3 Å². The molecule has 3 rings (SSSR count). The zero-order valence-corrected chi connectivity index (χ0v) is 13.0. The molecule has 2 heterocycles. The number of hydrazine groups is 1. The van der Waals surface area contributed by atoms with Gasteiger partial charge in [0.05, 0.1) is 14.4 Å². The molecule has 19 heavy (non-hydrogen) atoms. The summed E-state index contributed by atoms with van der Waals surface area (Å²) in [5.74, 6) is 5.73. The van der Waals surface area contributed by atoms with E-state index < -0.39 is 0 Å². The third-order valence-corrected chi connectivity index (χ3v) is 4.86. The van der Waals surface area contributed by atoms with Crippen LogP contribution < -0.4 is 11.3 Å². The van der Waals surface area contributed by atoms with Gasteiger partial charge in [-0.25, -0.2) is 5.43 Å². The third-order valence-electron chi connectivity index (χ3n) is 3.05. The molecule has 0 aliphatic rings. The van der Waals surface area contributed by atoms with Crippen molar-refractivity contribution in [3.05, 3.63) is 62.0 Å². The third kappa shape index (κ3) is 2.64. The van der Waals surface area contributed by atoms with Gasteiger partial charge in [0.2, 0.25) is 0 Å². The smallest absolute Gasteiger partial charge is 0.0718 e. The molecule has 0 spiro atoms. The van der Waals surface area contributed by atoms with Crippen molar-refractivity contribution >= 4 is 44.8 Å². The molecule has 1 unspecified atom stereocenters. The van der Waals surface area contributed by atoms with E-state index in [9.17, 15) is 0 Å². The number of aromatic nitrogens is 1. The van der Waals surface area contributed by atoms with Gasteiger partial charge in [-0.2, -0.15) is 0 Å². The minimum atomic E-state index is 0.0179. The van der Waals surface area contributed by atoms with Crippen molar-refractivity contribution in [1.82, 2.24) is 10.4 Å². The normalized spacial score (nSPS) is 12.7. The molecular formula is C14H12IN3S. The summed E-state index contributed by atoms with van der Waals surface area (Å²) in [7, 11) is 0. The number of hydrogen-bond donors (Lipinski definition) is 2. The summed E-state index contributed by atoms with van der Waals surface area (Å²) >= 11 is 4.05. The van der Waals surface area contributed by atoms with Crippen molar-refractivity contribution in [3.63, 3.8) is 0 Å². The van der Waals surface area contributed by atoms with E-state index in [0.717, 1.165) is 16.5 Å². The Morgan fingerprint density at radius 3 is 2.84 bits per heavy atom. The van der Waals surface area contributed by atoms with Crippen molar-refractivity contribution in [2.75, 3.05) is 0 Å². The molecule has 96 valence electrons. The first-order valence-corrected chi connectivity index (χ1v) is 7.78. The van der Waals surface area contributed by atoms with E-state index in [1.54, 1.807) is 11.3 Å². The molecule has 2 aromatic heterocycles. The number of nitrogens with two attached hydrogens (primary N) is 1. The summed E-state index contributed by atoms with van der Waals surface area (Å²) in [5, 5.41) is 3.27. The van der Waals surface area contributed by atoms with Gasteiger partial charge in [0.25, 0.3) is 0 Å². The molecule has 3 nitrogen and oxygen atoms in total. The van der Waals surface area contributed by atoms with Crippen LogP contribution in [0.25, 0.3) is 10.9 Å². The Morgan fingerprint density at radius 2 is 2.11 bits per heavy atom. The van der Waals surface area contributed by atoms with Crippen LogP contribution >= 0.6 is 33.9 Å². The number of benzene rings is 1. The molecule has 3 aromatic rings. The molecule has 0 aliphatic carbocycles. The first kappa shape index (κ1) is 13.0. The summed E-state index contributed by atoms with van der Waals surface area (Å²) in [5.41, 5.74) is 6.24. The summed E-state index contributed by atoms with van der Waals surface area (Å²) in [6, 6.07) is 12.4. The van der Waals surface area contributed by atoms with Gasteiger partial charge in [-0.15, -0.1) is 11.3 Å². The van der Waals surface area contributed by atoms with Crippen molar-refractivity contribution in [3.8, 4) is 0 Å². The lowest BCUT2D eigenvalue weighted by Gasteiger charge is -2.15. The van der Waals surface area contributed by atoms with Crippen LogP contribution in [0, 0.1) is 2.88 Å². The van der Waals surface area contributed by atoms with Crippen LogP contribution in [0.3, 0.4) is 0 Å². The van der Waals surface area contributed by atoms with E-state index >= 15 is 0 Å². The lowest BCUT2D eigenvalue weighted by molar-refractivity contribution is 0.639. The quantitative estimate of drug-likeness (QED) is 0.415. The Kier molecular flexibility index (Phi) is 3.79. The minimum absolute atomic E-state index is 0.0179. The van der Waals surface area contributed by atoms with Gasteiger partial charge in [-0.05, 0) is 63.4 Å². The molecule has 0 amide bonds. The molecule has 5 heteroatoms. The molecule has 0 saturated heterocycles. The van der Waals surface area contributed by atoms with E-state index in [1.165, 1.54) is 8.45 Å². The minimum Gasteiger partial charge on any atom is -0.271 e. The van der Waals surface area contributed by atoms with Crippen molar-refractivity contribution in [2.45, 2.75) is 6.04 Å². The fraction of sp³-hybridized carbons (Fsp3) is 0.0714. The summed E-state index contributed by atoms with van der Waals surface area (Å²) in [6.07, 6.45) is 1.81. The Morgan fingerprint density at radius 1 is 1.21 bits per heavy atom. The Bertz CT molecular complexity index is 710. The number of rotatable bonds is 3. The lowest BCUT2D eigenvalue weighted by atomic mass is 10.00. The molecule has 0 fully saturated rings. The Balaban J connectivity index is 2.06. The second kappa shape index (κ2) is 5.54. The highest BCUT2D eigenvalue weighted by molar-refractivity contribution is 14.1. The highest BCUT2D eigenvalue weighted by atomic mass is 127. The lowest BCUT2D eigenvalue weighted by Crippen LogP contribution is -2.28. The van der Waals surface area contributed by atoms with E-state index in [4.69, 9.17) is 5.84 Å². The predicted molar refractivity (Wildman–Crippen MR) is 87.9 cm³/mol. The maximum absolute atomic E-state index is 5.73. The van der Waals surface area contributed by atoms with E-state index in [0.29, 0.717) is 0 Å². The number of nitrogens with zero attached hydrogens (tertiary/aromatic N) is 1. The monoisotopic (exact) mass is 381 g/mol. The summed E-state index contributed by atoms with van der Waals surface area (Å²) in [4.78, 5) is 4.33. The Hall–Kier alpha value is -1.02. The summed E-state index contributed by atoms with van der Waals surface area (Å²) in [6.45, 7) is 0. The highest BCUT2D eigenvalue weighted by Gasteiger charge is 2.14. The van der Waals surface area contributed by atoms with Gasteiger partial charge in [-0.3, -0.25) is 10.8 Å². The second-order valence-corrected chi connectivity index (χ2v) is 7.04. The van der Waals surface area contributed by atoms with Crippen molar-refractivity contribution in [2.24, 2.45) is 5.84 Å². The van der Waals surface area contributed by atoms with Gasteiger partial charge >= 0.3 is 0 Å². The van der Waals surface area contributed by atoms with Crippen LogP contribution in [0.15, 0.2) is 48.0 Å². The van der Waals surface area contributed by atoms with Crippen LogP contribution in [0.4, 0.5) is 0 Å². The maximum Gasteiger partial charge on any atom is 0.0718 e. The fourth-order valence-corrected chi connectivity index (χ4v) is 3.53. The van der Waals surface area contributed by atoms with Gasteiger partial charge in [-0.1, -0.05) is 12.1 Å². The zero-order chi connectivity index (χ0) is 13.2. The highest BCUT2D eigenvalue weighted by Crippen LogP contribution is 2.28. The average molecular weight is 381 g/mol. The van der Waals surface area contributed by atoms with Crippen LogP contribution in [0.1, 0.15) is 17.2 Å². The number of nitrogens with one attached hydrogen (secondary N) is 1. The van der Waals surface area contributed by atoms with Gasteiger partial charge < -0.3 is 0 Å². The number of pyridine rings is 1. The van der Waals surface area contributed by atoms with Crippen LogP contribution in [-0.4, -0.2) is 4.98 Å². The molecule has 1 atom stereocenters. The van der Waals surface area contributed by atoms with Gasteiger partial charge in [0, 0.05) is 11.6 Å². The molecular weight excluding hydrogens is 369 g/mol. The number of thiophene rings is 1. The van der Waals surface area contributed by atoms with Crippen molar-refractivity contribution < 1.29 is 0 Å². The van der Waals surface area contributed by atoms with Gasteiger partial charge in [0.1, 0.15) is 0 Å². The molecule has 1 aromatic carbocycles. The molecule has 0 bridgehead atoms. The van der Waals surface area contributed by atoms with E-state index in [-0.39, 0.29) is 6.04 Å². The van der Waals surface area contributed by atoms with Gasteiger partial charge in [0.15, 0.2) is 0 Å². The number of fused-ring (bicyclic) bond motifs is 1. The predicted octanol–water partition coefficient (Wildman–Crippen LogP) is 3.45. The van der Waals surface area contributed by atoms with Crippen molar-refractivity contribution in [1.29, 1.82) is 0 Å². The first-order chi connectivity index (χ1) is 9.28. The fourth-order valence-electron chi connectivity index (χ4n) is 2.13. The molecule has 0 radical (unpaired) electrons. The first-order valence-electron chi connectivity index (χ1n) is 5.82.